The topological polar surface area (TPSA) is 95.9 Å². The van der Waals surface area contributed by atoms with Gasteiger partial charge in [-0.3, -0.25) is 9.69 Å². The third kappa shape index (κ3) is 6.88. The predicted molar refractivity (Wildman–Crippen MR) is 171 cm³/mol. The lowest BCUT2D eigenvalue weighted by atomic mass is 9.95. The largest absolute Gasteiger partial charge is 0.370 e. The highest BCUT2D eigenvalue weighted by Crippen LogP contribution is 2.42. The summed E-state index contributed by atoms with van der Waals surface area (Å²) in [4.78, 5) is 27.2. The molecule has 1 aromatic carbocycles. The average Bonchev–Trinajstić information content (AvgIpc) is 3.60. The highest BCUT2D eigenvalue weighted by molar-refractivity contribution is 7.88. The van der Waals surface area contributed by atoms with Gasteiger partial charge in [-0.2, -0.15) is 0 Å². The van der Waals surface area contributed by atoms with Crippen molar-refractivity contribution in [3.8, 4) is 0 Å². The molecule has 4 fully saturated rings. The van der Waals surface area contributed by atoms with Crippen LogP contribution in [0, 0.1) is 25.7 Å². The first-order valence-corrected chi connectivity index (χ1v) is 18.4. The van der Waals surface area contributed by atoms with Crippen molar-refractivity contribution in [1.82, 2.24) is 24.1 Å². The Kier molecular flexibility index (Phi) is 9.43. The molecule has 0 spiro atoms. The van der Waals surface area contributed by atoms with E-state index in [0.717, 1.165) is 95.2 Å². The molecule has 44 heavy (non-hydrogen) atoms. The molecule has 5 atom stereocenters. The summed E-state index contributed by atoms with van der Waals surface area (Å²) < 4.78 is 32.1. The summed E-state index contributed by atoms with van der Waals surface area (Å²) in [6.45, 7) is 7.67. The molecule has 2 aromatic rings. The second-order valence-corrected chi connectivity index (χ2v) is 15.9. The van der Waals surface area contributed by atoms with Crippen LogP contribution in [0.2, 0.25) is 0 Å². The van der Waals surface area contributed by atoms with Gasteiger partial charge in [-0.25, -0.2) is 22.7 Å². The van der Waals surface area contributed by atoms with Gasteiger partial charge in [0.2, 0.25) is 10.0 Å². The highest BCUT2D eigenvalue weighted by atomic mass is 32.2. The molecule has 4 heterocycles. The van der Waals surface area contributed by atoms with Crippen LogP contribution in [0.25, 0.3) is 0 Å². The van der Waals surface area contributed by atoms with Crippen molar-refractivity contribution >= 4 is 15.9 Å². The van der Waals surface area contributed by atoms with E-state index in [1.54, 1.807) is 17.7 Å². The number of carbonyl (C=O) groups is 1. The van der Waals surface area contributed by atoms with Crippen LogP contribution in [0.5, 0.6) is 0 Å². The van der Waals surface area contributed by atoms with E-state index in [2.05, 4.69) is 46.1 Å². The van der Waals surface area contributed by atoms with E-state index in [1.165, 1.54) is 17.4 Å². The maximum Gasteiger partial charge on any atom is 0.272 e. The molecule has 0 radical (unpaired) electrons. The van der Waals surface area contributed by atoms with E-state index in [-0.39, 0.29) is 24.2 Å². The zero-order chi connectivity index (χ0) is 31.0. The number of nitrogens with zero attached hydrogens (tertiary/aromatic N) is 5. The molecule has 1 aliphatic carbocycles. The van der Waals surface area contributed by atoms with E-state index in [9.17, 15) is 13.2 Å². The number of amides is 1. The van der Waals surface area contributed by atoms with Gasteiger partial charge in [-0.1, -0.05) is 29.8 Å². The van der Waals surface area contributed by atoms with Crippen molar-refractivity contribution in [1.29, 1.82) is 0 Å². The Morgan fingerprint density at radius 3 is 2.34 bits per heavy atom. The number of piperidine rings is 1. The third-order valence-corrected chi connectivity index (χ3v) is 12.3. The van der Waals surface area contributed by atoms with Crippen LogP contribution >= 0.6 is 0 Å². The molecular formula is C34H49N5O4S. The first-order chi connectivity index (χ1) is 21.1. The zero-order valence-electron chi connectivity index (χ0n) is 26.8. The van der Waals surface area contributed by atoms with Crippen LogP contribution in [0.1, 0.15) is 90.3 Å². The SMILES string of the molecule is Cc1ccc([C@@H]2CCC[C@H](CCc3ncnc(C(=O)N4CCC(N5C[C@H]6CC(N(C)S(C)(=O)=O)C[C@H]6C5)CC4)c3C)O2)cc1. The molecule has 3 aliphatic heterocycles. The molecule has 6 rings (SSSR count). The van der Waals surface area contributed by atoms with Crippen LogP contribution in [0.4, 0.5) is 0 Å². The van der Waals surface area contributed by atoms with Gasteiger partial charge < -0.3 is 9.64 Å². The molecule has 1 aromatic heterocycles. The Morgan fingerprint density at radius 1 is 1.00 bits per heavy atom. The second kappa shape index (κ2) is 13.1. The van der Waals surface area contributed by atoms with Crippen molar-refractivity contribution in [3.63, 3.8) is 0 Å². The number of likely N-dealkylation sites (tertiary alicyclic amines) is 2. The fourth-order valence-electron chi connectivity index (χ4n) is 8.14. The highest BCUT2D eigenvalue weighted by Gasteiger charge is 2.45. The van der Waals surface area contributed by atoms with E-state index in [4.69, 9.17) is 4.74 Å². The molecule has 240 valence electrons. The number of carbonyl (C=O) groups excluding carboxylic acids is 1. The molecule has 1 saturated carbocycles. The van der Waals surface area contributed by atoms with Gasteiger partial charge in [0, 0.05) is 56.6 Å². The summed E-state index contributed by atoms with van der Waals surface area (Å²) >= 11 is 0. The lowest BCUT2D eigenvalue weighted by molar-refractivity contribution is -0.0547. The summed E-state index contributed by atoms with van der Waals surface area (Å²) in [6, 6.07) is 9.30. The third-order valence-electron chi connectivity index (χ3n) is 11.0. The first kappa shape index (κ1) is 31.6. The maximum atomic E-state index is 13.6. The van der Waals surface area contributed by atoms with Crippen molar-refractivity contribution in [3.05, 3.63) is 58.7 Å². The number of hydrogen-bond acceptors (Lipinski definition) is 7. The Labute approximate surface area is 263 Å². The lowest BCUT2D eigenvalue weighted by Crippen LogP contribution is -2.47. The number of ether oxygens (including phenoxy) is 1. The molecule has 9 nitrogen and oxygen atoms in total. The molecule has 4 aliphatic rings. The van der Waals surface area contributed by atoms with Crippen LogP contribution < -0.4 is 0 Å². The van der Waals surface area contributed by atoms with Gasteiger partial charge >= 0.3 is 0 Å². The van der Waals surface area contributed by atoms with Crippen LogP contribution in [-0.2, 0) is 21.2 Å². The van der Waals surface area contributed by atoms with Crippen LogP contribution in [0.3, 0.4) is 0 Å². The number of aryl methyl sites for hydroxylation is 2. The number of fused-ring (bicyclic) bond motifs is 1. The normalized spacial score (nSPS) is 28.5. The molecule has 1 unspecified atom stereocenters. The summed E-state index contributed by atoms with van der Waals surface area (Å²) in [7, 11) is -1.43. The predicted octanol–water partition coefficient (Wildman–Crippen LogP) is 4.54. The monoisotopic (exact) mass is 623 g/mol. The molecule has 1 amide bonds. The Balaban J connectivity index is 0.990. The number of hydrogen-bond donors (Lipinski definition) is 0. The minimum atomic E-state index is -3.15. The minimum Gasteiger partial charge on any atom is -0.370 e. The van der Waals surface area contributed by atoms with Crippen molar-refractivity contribution < 1.29 is 17.9 Å². The number of benzene rings is 1. The van der Waals surface area contributed by atoms with E-state index in [0.29, 0.717) is 23.6 Å². The number of rotatable bonds is 8. The Hall–Kier alpha value is -2.40. The van der Waals surface area contributed by atoms with Crippen LogP contribution in [0.15, 0.2) is 30.6 Å². The molecular weight excluding hydrogens is 574 g/mol. The maximum absolute atomic E-state index is 13.6. The quantitative estimate of drug-likeness (QED) is 0.426. The lowest BCUT2D eigenvalue weighted by Gasteiger charge is -2.37. The van der Waals surface area contributed by atoms with Gasteiger partial charge in [0.25, 0.3) is 5.91 Å². The smallest absolute Gasteiger partial charge is 0.272 e. The molecule has 10 heteroatoms. The summed E-state index contributed by atoms with van der Waals surface area (Å²) in [5.74, 6) is 1.15. The average molecular weight is 624 g/mol. The molecule has 0 N–H and O–H groups in total. The van der Waals surface area contributed by atoms with Gasteiger partial charge in [-0.15, -0.1) is 0 Å². The number of aromatic nitrogens is 2. The van der Waals surface area contributed by atoms with Gasteiger partial charge in [-0.05, 0) is 89.0 Å². The number of sulfonamides is 1. The Morgan fingerprint density at radius 2 is 1.68 bits per heavy atom. The van der Waals surface area contributed by atoms with Gasteiger partial charge in [0.1, 0.15) is 12.0 Å². The summed E-state index contributed by atoms with van der Waals surface area (Å²) in [5, 5.41) is 0. The second-order valence-electron chi connectivity index (χ2n) is 13.8. The van der Waals surface area contributed by atoms with E-state index < -0.39 is 10.0 Å². The summed E-state index contributed by atoms with van der Waals surface area (Å²) in [5.41, 5.74) is 4.90. The molecule has 0 bridgehead atoms. The fourth-order valence-corrected chi connectivity index (χ4v) is 8.86. The van der Waals surface area contributed by atoms with Crippen LogP contribution in [-0.4, -0.2) is 96.1 Å². The van der Waals surface area contributed by atoms with Crippen molar-refractivity contribution in [2.24, 2.45) is 11.8 Å². The van der Waals surface area contributed by atoms with Gasteiger partial charge in [0.05, 0.1) is 18.5 Å². The molecule has 3 saturated heterocycles. The zero-order valence-corrected chi connectivity index (χ0v) is 27.6. The summed E-state index contributed by atoms with van der Waals surface area (Å²) in [6.07, 6.45) is 12.0. The Bertz CT molecular complexity index is 1410. The minimum absolute atomic E-state index is 0.0166. The standard InChI is InChI=1S/C34H49N5O4S/c1-23-8-10-25(11-9-23)32-7-5-6-30(43-32)12-13-31-24(2)33(36-22-35-31)34(40)38-16-14-28(15-17-38)39-20-26-18-29(19-27(26)21-39)37(3)44(4,41)42/h8-11,22,26-30,32H,5-7,12-21H2,1-4H3/t26-,27+,29?,30-,32+/m1/s1. The van der Waals surface area contributed by atoms with E-state index >= 15 is 0 Å². The van der Waals surface area contributed by atoms with Crippen molar-refractivity contribution in [2.75, 3.05) is 39.5 Å². The van der Waals surface area contributed by atoms with E-state index in [1.807, 2.05) is 11.8 Å². The van der Waals surface area contributed by atoms with Gasteiger partial charge in [0.15, 0.2) is 0 Å². The first-order valence-electron chi connectivity index (χ1n) is 16.6. The van der Waals surface area contributed by atoms with Crippen molar-refractivity contribution in [2.45, 2.75) is 95.9 Å². The fraction of sp³-hybridized carbons (Fsp3) is 0.676.